The maximum Gasteiger partial charge on any atom is 0.322 e. The quantitative estimate of drug-likeness (QED) is 0.672. The molecular formula is C18H19N3O5S. The van der Waals surface area contributed by atoms with Gasteiger partial charge in [0.05, 0.1) is 11.2 Å². The molecule has 2 aliphatic rings. The Bertz CT molecular complexity index is 969. The van der Waals surface area contributed by atoms with Crippen molar-refractivity contribution in [1.29, 1.82) is 0 Å². The van der Waals surface area contributed by atoms with E-state index in [0.717, 1.165) is 12.0 Å². The Labute approximate surface area is 156 Å². The minimum absolute atomic E-state index is 0.0793. The first-order valence-corrected chi connectivity index (χ1v) is 10.2. The van der Waals surface area contributed by atoms with Crippen LogP contribution in [0.15, 0.2) is 52.0 Å². The molecule has 2 unspecified atom stereocenters. The van der Waals surface area contributed by atoms with Gasteiger partial charge in [-0.2, -0.15) is 0 Å². The van der Waals surface area contributed by atoms with E-state index in [2.05, 4.69) is 15.4 Å². The van der Waals surface area contributed by atoms with Gasteiger partial charge in [-0.15, -0.1) is 0 Å². The van der Waals surface area contributed by atoms with E-state index in [1.807, 2.05) is 0 Å². The van der Waals surface area contributed by atoms with Crippen molar-refractivity contribution in [1.82, 2.24) is 15.4 Å². The number of hydrogen-bond acceptors (Lipinski definition) is 5. The van der Waals surface area contributed by atoms with E-state index < -0.39 is 21.6 Å². The summed E-state index contributed by atoms with van der Waals surface area (Å²) in [4.78, 5) is 23.8. The molecule has 9 heteroatoms. The minimum Gasteiger partial charge on any atom is -0.464 e. The monoisotopic (exact) mass is 389 g/mol. The number of urea groups is 1. The average Bonchev–Trinajstić information content (AvgIpc) is 3.36. The summed E-state index contributed by atoms with van der Waals surface area (Å²) in [5, 5.41) is 4.94. The number of amides is 3. The molecule has 3 amide bonds. The van der Waals surface area contributed by atoms with Gasteiger partial charge in [-0.3, -0.25) is 10.1 Å². The fourth-order valence-corrected chi connectivity index (χ4v) is 4.94. The van der Waals surface area contributed by atoms with Crippen LogP contribution in [0, 0.1) is 5.92 Å². The number of hydrogen-bond donors (Lipinski definition) is 3. The highest BCUT2D eigenvalue weighted by atomic mass is 32.2. The van der Waals surface area contributed by atoms with Crippen LogP contribution in [0.2, 0.25) is 0 Å². The summed E-state index contributed by atoms with van der Waals surface area (Å²) >= 11 is 0. The summed E-state index contributed by atoms with van der Waals surface area (Å²) in [7, 11) is -3.74. The van der Waals surface area contributed by atoms with Gasteiger partial charge < -0.3 is 9.73 Å². The topological polar surface area (TPSA) is 118 Å². The fourth-order valence-electron chi connectivity index (χ4n) is 3.86. The summed E-state index contributed by atoms with van der Waals surface area (Å²) in [6, 6.07) is 9.40. The van der Waals surface area contributed by atoms with Gasteiger partial charge in [-0.1, -0.05) is 6.42 Å². The highest BCUT2D eigenvalue weighted by molar-refractivity contribution is 7.89. The molecular weight excluding hydrogens is 370 g/mol. The first kappa shape index (κ1) is 17.7. The molecule has 2 fully saturated rings. The van der Waals surface area contributed by atoms with Crippen molar-refractivity contribution in [2.45, 2.75) is 29.7 Å². The minimum atomic E-state index is -3.74. The zero-order valence-electron chi connectivity index (χ0n) is 14.4. The van der Waals surface area contributed by atoms with Crippen LogP contribution >= 0.6 is 0 Å². The molecule has 1 saturated heterocycles. The molecule has 2 aromatic rings. The Morgan fingerprint density at radius 3 is 2.59 bits per heavy atom. The molecule has 8 nitrogen and oxygen atoms in total. The summed E-state index contributed by atoms with van der Waals surface area (Å²) in [5.41, 5.74) is -0.234. The predicted octanol–water partition coefficient (Wildman–Crippen LogP) is 1.60. The van der Waals surface area contributed by atoms with Crippen molar-refractivity contribution in [3.05, 3.63) is 42.7 Å². The first-order valence-electron chi connectivity index (χ1n) is 8.68. The van der Waals surface area contributed by atoms with Crippen LogP contribution in [0.4, 0.5) is 4.79 Å². The number of carbonyl (C=O) groups is 2. The van der Waals surface area contributed by atoms with Crippen LogP contribution in [0.25, 0.3) is 11.3 Å². The van der Waals surface area contributed by atoms with Gasteiger partial charge >= 0.3 is 6.03 Å². The van der Waals surface area contributed by atoms with E-state index in [9.17, 15) is 18.0 Å². The van der Waals surface area contributed by atoms with Crippen molar-refractivity contribution in [2.75, 3.05) is 6.54 Å². The molecule has 1 aromatic carbocycles. The normalized spacial score (nSPS) is 25.0. The third kappa shape index (κ3) is 3.13. The lowest BCUT2D eigenvalue weighted by Gasteiger charge is -2.28. The van der Waals surface area contributed by atoms with E-state index in [1.54, 1.807) is 30.5 Å². The second-order valence-corrected chi connectivity index (χ2v) is 8.59. The molecule has 0 bridgehead atoms. The number of rotatable bonds is 5. The lowest BCUT2D eigenvalue weighted by molar-refractivity contribution is -0.125. The Balaban J connectivity index is 1.47. The van der Waals surface area contributed by atoms with Gasteiger partial charge in [0.1, 0.15) is 11.3 Å². The van der Waals surface area contributed by atoms with Crippen LogP contribution in [0.5, 0.6) is 0 Å². The van der Waals surface area contributed by atoms with E-state index in [0.29, 0.717) is 18.6 Å². The average molecular weight is 389 g/mol. The Morgan fingerprint density at radius 1 is 1.19 bits per heavy atom. The largest absolute Gasteiger partial charge is 0.464 e. The third-order valence-corrected chi connectivity index (χ3v) is 6.72. The summed E-state index contributed by atoms with van der Waals surface area (Å²) < 4.78 is 33.1. The standard InChI is InChI=1S/C18H19N3O5S/c22-16-18(21-17(23)20-16)9-1-3-13(18)11-19-27(24,25)14-7-5-12(6-8-14)15-4-2-10-26-15/h2,4-8,10,13,19H,1,3,9,11H2,(H2,20,21,22,23). The molecule has 4 rings (SSSR count). The summed E-state index contributed by atoms with van der Waals surface area (Å²) in [6.45, 7) is 0.0793. The van der Waals surface area contributed by atoms with Crippen LogP contribution in [-0.4, -0.2) is 32.4 Å². The van der Waals surface area contributed by atoms with Crippen molar-refractivity contribution < 1.29 is 22.4 Å². The zero-order chi connectivity index (χ0) is 19.1. The molecule has 1 spiro atoms. The van der Waals surface area contributed by atoms with Gasteiger partial charge in [-0.05, 0) is 49.2 Å². The van der Waals surface area contributed by atoms with Crippen molar-refractivity contribution in [2.24, 2.45) is 5.92 Å². The van der Waals surface area contributed by atoms with E-state index in [1.165, 1.54) is 12.1 Å². The van der Waals surface area contributed by atoms with Gasteiger partial charge in [0.2, 0.25) is 10.0 Å². The second kappa shape index (κ2) is 6.50. The molecule has 0 radical (unpaired) electrons. The molecule has 1 aromatic heterocycles. The van der Waals surface area contributed by atoms with Crippen LogP contribution in [0.3, 0.4) is 0 Å². The molecule has 1 aliphatic heterocycles. The third-order valence-electron chi connectivity index (χ3n) is 5.28. The van der Waals surface area contributed by atoms with Gasteiger partial charge in [0.25, 0.3) is 5.91 Å². The molecule has 2 heterocycles. The number of furan rings is 1. The molecule has 27 heavy (non-hydrogen) atoms. The summed E-state index contributed by atoms with van der Waals surface area (Å²) in [6.07, 6.45) is 3.47. The molecule has 1 aliphatic carbocycles. The maximum atomic E-state index is 12.6. The van der Waals surface area contributed by atoms with Gasteiger partial charge in [0, 0.05) is 18.0 Å². The number of nitrogens with one attached hydrogen (secondary N) is 3. The first-order chi connectivity index (χ1) is 12.9. The summed E-state index contributed by atoms with van der Waals surface area (Å²) in [5.74, 6) is -0.0130. The highest BCUT2D eigenvalue weighted by Crippen LogP contribution is 2.37. The van der Waals surface area contributed by atoms with Gasteiger partial charge in [-0.25, -0.2) is 17.9 Å². The van der Waals surface area contributed by atoms with Crippen molar-refractivity contribution in [3.8, 4) is 11.3 Å². The Hall–Kier alpha value is -2.65. The number of sulfonamides is 1. The number of carbonyl (C=O) groups excluding carboxylic acids is 2. The molecule has 2 atom stereocenters. The molecule has 142 valence electrons. The van der Waals surface area contributed by atoms with Crippen molar-refractivity contribution >= 4 is 22.0 Å². The number of benzene rings is 1. The smallest absolute Gasteiger partial charge is 0.322 e. The highest BCUT2D eigenvalue weighted by Gasteiger charge is 2.54. The van der Waals surface area contributed by atoms with Crippen LogP contribution in [0.1, 0.15) is 19.3 Å². The number of imide groups is 1. The maximum absolute atomic E-state index is 12.6. The van der Waals surface area contributed by atoms with E-state index in [-0.39, 0.29) is 23.3 Å². The SMILES string of the molecule is O=C1NC(=O)C2(CCCC2CNS(=O)(=O)c2ccc(-c3ccco3)cc2)N1. The fraction of sp³-hybridized carbons (Fsp3) is 0.333. The second-order valence-electron chi connectivity index (χ2n) is 6.82. The van der Waals surface area contributed by atoms with E-state index in [4.69, 9.17) is 4.42 Å². The van der Waals surface area contributed by atoms with E-state index >= 15 is 0 Å². The van der Waals surface area contributed by atoms with Crippen LogP contribution < -0.4 is 15.4 Å². The lowest BCUT2D eigenvalue weighted by atomic mass is 9.87. The molecule has 1 saturated carbocycles. The van der Waals surface area contributed by atoms with Crippen molar-refractivity contribution in [3.63, 3.8) is 0 Å². The Morgan fingerprint density at radius 2 is 1.96 bits per heavy atom. The predicted molar refractivity (Wildman–Crippen MR) is 96.1 cm³/mol. The van der Waals surface area contributed by atoms with Crippen LogP contribution in [-0.2, 0) is 14.8 Å². The van der Waals surface area contributed by atoms with Gasteiger partial charge in [0.15, 0.2) is 0 Å². The lowest BCUT2D eigenvalue weighted by Crippen LogP contribution is -2.53. The Kier molecular flexibility index (Phi) is 4.27. The molecule has 3 N–H and O–H groups in total. The zero-order valence-corrected chi connectivity index (χ0v) is 15.2.